The van der Waals surface area contributed by atoms with E-state index in [-0.39, 0.29) is 5.91 Å². The third kappa shape index (κ3) is 4.09. The highest BCUT2D eigenvalue weighted by Crippen LogP contribution is 2.13. The molecule has 0 aromatic heterocycles. The lowest BCUT2D eigenvalue weighted by Crippen LogP contribution is -2.19. The minimum atomic E-state index is -0.267. The van der Waals surface area contributed by atoms with E-state index in [1.165, 1.54) is 0 Å². The zero-order valence-corrected chi connectivity index (χ0v) is 13.2. The van der Waals surface area contributed by atoms with Crippen molar-refractivity contribution in [1.82, 2.24) is 5.43 Å². The Morgan fingerprint density at radius 2 is 1.68 bits per heavy atom. The molecule has 0 unspecified atom stereocenters. The van der Waals surface area contributed by atoms with Crippen molar-refractivity contribution in [1.29, 1.82) is 0 Å². The van der Waals surface area contributed by atoms with Crippen molar-refractivity contribution < 1.29 is 9.53 Å². The molecule has 0 aliphatic carbocycles. The second-order valence-corrected chi connectivity index (χ2v) is 5.02. The zero-order chi connectivity index (χ0) is 15.9. The van der Waals surface area contributed by atoms with Gasteiger partial charge in [-0.2, -0.15) is 5.10 Å². The maximum atomic E-state index is 12.0. The number of carbonyl (C=O) groups excluding carboxylic acids is 1. The molecule has 2 rings (SSSR count). The second-order valence-electron chi connectivity index (χ2n) is 4.59. The fourth-order valence-corrected chi connectivity index (χ4v) is 2.04. The average molecular weight is 317 g/mol. The van der Waals surface area contributed by atoms with Crippen molar-refractivity contribution in [3.05, 3.63) is 64.7 Å². The molecule has 0 saturated carbocycles. The predicted octanol–water partition coefficient (Wildman–Crippen LogP) is 3.89. The van der Waals surface area contributed by atoms with E-state index in [0.29, 0.717) is 17.0 Å². The number of nitrogens with zero attached hydrogens (tertiary/aromatic N) is 1. The van der Waals surface area contributed by atoms with Crippen LogP contribution in [0.2, 0.25) is 5.02 Å². The number of amides is 1. The van der Waals surface area contributed by atoms with E-state index in [1.54, 1.807) is 31.4 Å². The van der Waals surface area contributed by atoms with Gasteiger partial charge in [-0.25, -0.2) is 5.43 Å². The van der Waals surface area contributed by atoms with Crippen LogP contribution in [-0.4, -0.2) is 18.7 Å². The van der Waals surface area contributed by atoms with Gasteiger partial charge in [-0.05, 0) is 60.5 Å². The van der Waals surface area contributed by atoms with E-state index in [2.05, 4.69) is 10.5 Å². The summed E-state index contributed by atoms with van der Waals surface area (Å²) in [6, 6.07) is 14.2. The summed E-state index contributed by atoms with van der Waals surface area (Å²) in [6.45, 7) is 1.98. The number of nitrogens with one attached hydrogen (secondary N) is 1. The summed E-state index contributed by atoms with van der Waals surface area (Å²) >= 11 is 5.80. The summed E-state index contributed by atoms with van der Waals surface area (Å²) in [5.41, 5.74) is 4.82. The molecule has 0 fully saturated rings. The SMILES string of the molecule is CC/C(=N/NC(=O)c1ccc(Cl)cc1)c1ccc(OC)cc1. The average Bonchev–Trinajstić information content (AvgIpc) is 2.56. The van der Waals surface area contributed by atoms with Gasteiger partial charge >= 0.3 is 0 Å². The lowest BCUT2D eigenvalue weighted by molar-refractivity contribution is 0.0955. The highest BCUT2D eigenvalue weighted by atomic mass is 35.5. The van der Waals surface area contributed by atoms with Gasteiger partial charge in [0.1, 0.15) is 5.75 Å². The summed E-state index contributed by atoms with van der Waals surface area (Å²) in [4.78, 5) is 12.0. The largest absolute Gasteiger partial charge is 0.497 e. The van der Waals surface area contributed by atoms with Crippen LogP contribution in [0.25, 0.3) is 0 Å². The van der Waals surface area contributed by atoms with Crippen molar-refractivity contribution in [3.8, 4) is 5.75 Å². The van der Waals surface area contributed by atoms with Crippen LogP contribution in [-0.2, 0) is 0 Å². The minimum Gasteiger partial charge on any atom is -0.497 e. The molecule has 0 radical (unpaired) electrons. The maximum absolute atomic E-state index is 12.0. The Morgan fingerprint density at radius 1 is 1.09 bits per heavy atom. The van der Waals surface area contributed by atoms with Crippen molar-refractivity contribution >= 4 is 23.2 Å². The highest BCUT2D eigenvalue weighted by molar-refractivity contribution is 6.30. The fourth-order valence-electron chi connectivity index (χ4n) is 1.92. The molecule has 114 valence electrons. The molecule has 5 heteroatoms. The summed E-state index contributed by atoms with van der Waals surface area (Å²) in [7, 11) is 1.62. The van der Waals surface area contributed by atoms with Crippen molar-refractivity contribution in [2.45, 2.75) is 13.3 Å². The Balaban J connectivity index is 2.11. The van der Waals surface area contributed by atoms with Crippen LogP contribution in [0.4, 0.5) is 0 Å². The van der Waals surface area contributed by atoms with Gasteiger partial charge in [0.15, 0.2) is 0 Å². The normalized spacial score (nSPS) is 11.1. The minimum absolute atomic E-state index is 0.267. The zero-order valence-electron chi connectivity index (χ0n) is 12.5. The molecular formula is C17H17ClN2O2. The molecule has 1 N–H and O–H groups in total. The van der Waals surface area contributed by atoms with Gasteiger partial charge < -0.3 is 4.74 Å². The van der Waals surface area contributed by atoms with Crippen molar-refractivity contribution in [2.24, 2.45) is 5.10 Å². The lowest BCUT2D eigenvalue weighted by atomic mass is 10.1. The summed E-state index contributed by atoms with van der Waals surface area (Å²) in [5, 5.41) is 4.80. The number of hydrazone groups is 1. The first-order chi connectivity index (χ1) is 10.6. The Kier molecular flexibility index (Phi) is 5.55. The van der Waals surface area contributed by atoms with Gasteiger partial charge in [-0.3, -0.25) is 4.79 Å². The topological polar surface area (TPSA) is 50.7 Å². The van der Waals surface area contributed by atoms with Crippen LogP contribution in [0.15, 0.2) is 53.6 Å². The summed E-state index contributed by atoms with van der Waals surface area (Å²) < 4.78 is 5.13. The van der Waals surface area contributed by atoms with E-state index < -0.39 is 0 Å². The molecule has 0 heterocycles. The first-order valence-electron chi connectivity index (χ1n) is 6.91. The van der Waals surface area contributed by atoms with E-state index in [0.717, 1.165) is 17.0 Å². The molecule has 1 amide bonds. The van der Waals surface area contributed by atoms with Gasteiger partial charge in [-0.15, -0.1) is 0 Å². The molecule has 0 spiro atoms. The molecule has 0 atom stereocenters. The van der Waals surface area contributed by atoms with Crippen LogP contribution in [0, 0.1) is 0 Å². The lowest BCUT2D eigenvalue weighted by Gasteiger charge is -2.06. The second kappa shape index (κ2) is 7.61. The van der Waals surface area contributed by atoms with Gasteiger partial charge in [0.2, 0.25) is 0 Å². The van der Waals surface area contributed by atoms with Crippen LogP contribution in [0.1, 0.15) is 29.3 Å². The highest BCUT2D eigenvalue weighted by Gasteiger charge is 2.06. The number of hydrogen-bond donors (Lipinski definition) is 1. The molecule has 22 heavy (non-hydrogen) atoms. The van der Waals surface area contributed by atoms with Crippen LogP contribution in [0.3, 0.4) is 0 Å². The van der Waals surface area contributed by atoms with Crippen LogP contribution in [0.5, 0.6) is 5.75 Å². The number of rotatable bonds is 5. The number of ether oxygens (including phenoxy) is 1. The number of hydrogen-bond acceptors (Lipinski definition) is 3. The monoisotopic (exact) mass is 316 g/mol. The summed E-state index contributed by atoms with van der Waals surface area (Å²) in [6.07, 6.45) is 0.702. The molecule has 4 nitrogen and oxygen atoms in total. The Bertz CT molecular complexity index is 664. The van der Waals surface area contributed by atoms with Crippen LogP contribution >= 0.6 is 11.6 Å². The third-order valence-corrected chi connectivity index (χ3v) is 3.41. The van der Waals surface area contributed by atoms with Gasteiger partial charge in [0, 0.05) is 10.6 Å². The Hall–Kier alpha value is -2.33. The number of halogens is 1. The third-order valence-electron chi connectivity index (χ3n) is 3.16. The van der Waals surface area contributed by atoms with Gasteiger partial charge in [0.05, 0.1) is 12.8 Å². The number of carbonyl (C=O) groups is 1. The van der Waals surface area contributed by atoms with E-state index in [4.69, 9.17) is 16.3 Å². The molecule has 0 aliphatic heterocycles. The Labute approximate surface area is 134 Å². The molecule has 2 aromatic rings. The van der Waals surface area contributed by atoms with E-state index >= 15 is 0 Å². The standard InChI is InChI=1S/C17H17ClN2O2/c1-3-16(12-6-10-15(22-2)11-7-12)19-20-17(21)13-4-8-14(18)9-5-13/h4-11H,3H2,1-2H3,(H,20,21)/b19-16-. The first kappa shape index (κ1) is 16.0. The first-order valence-corrected chi connectivity index (χ1v) is 7.28. The van der Waals surface area contributed by atoms with E-state index in [9.17, 15) is 4.79 Å². The number of methoxy groups -OCH3 is 1. The molecule has 0 aliphatic rings. The maximum Gasteiger partial charge on any atom is 0.271 e. The van der Waals surface area contributed by atoms with E-state index in [1.807, 2.05) is 31.2 Å². The Morgan fingerprint density at radius 3 is 2.23 bits per heavy atom. The summed E-state index contributed by atoms with van der Waals surface area (Å²) in [5.74, 6) is 0.514. The number of benzene rings is 2. The van der Waals surface area contributed by atoms with Gasteiger partial charge in [-0.1, -0.05) is 18.5 Å². The molecule has 0 saturated heterocycles. The molecular weight excluding hydrogens is 300 g/mol. The quantitative estimate of drug-likeness (QED) is 0.672. The van der Waals surface area contributed by atoms with Gasteiger partial charge in [0.25, 0.3) is 5.91 Å². The predicted molar refractivity (Wildman–Crippen MR) is 88.7 cm³/mol. The van der Waals surface area contributed by atoms with Crippen molar-refractivity contribution in [3.63, 3.8) is 0 Å². The smallest absolute Gasteiger partial charge is 0.271 e. The molecule has 0 bridgehead atoms. The molecule has 2 aromatic carbocycles. The van der Waals surface area contributed by atoms with Crippen LogP contribution < -0.4 is 10.2 Å². The van der Waals surface area contributed by atoms with Crippen molar-refractivity contribution in [2.75, 3.05) is 7.11 Å². The fraction of sp³-hybridized carbons (Fsp3) is 0.176.